The number of aliphatic hydroxyl groups is 1. The minimum atomic E-state index is 0.0995. The minimum Gasteiger partial charge on any atom is -0.508 e. The van der Waals surface area contributed by atoms with Crippen molar-refractivity contribution in [2.24, 2.45) is 0 Å². The molecule has 0 bridgehead atoms. The quantitative estimate of drug-likeness (QED) is 0.882. The van der Waals surface area contributed by atoms with Crippen LogP contribution in [0.3, 0.4) is 0 Å². The predicted molar refractivity (Wildman–Crippen MR) is 56.2 cm³/mol. The van der Waals surface area contributed by atoms with Crippen LogP contribution in [-0.4, -0.2) is 16.8 Å². The molecule has 0 atom stereocenters. The Morgan fingerprint density at radius 2 is 2.08 bits per heavy atom. The zero-order valence-electron chi connectivity index (χ0n) is 6.93. The summed E-state index contributed by atoms with van der Waals surface area (Å²) in [6, 6.07) is 3.28. The van der Waals surface area contributed by atoms with Gasteiger partial charge in [0.1, 0.15) is 5.75 Å². The minimum absolute atomic E-state index is 0.0995. The fraction of sp³-hybridized carbons (Fsp3) is 0.333. The summed E-state index contributed by atoms with van der Waals surface area (Å²) in [5.74, 6) is 0.182. The van der Waals surface area contributed by atoms with E-state index in [1.807, 2.05) is 0 Å². The molecule has 0 amide bonds. The third-order valence-corrected chi connectivity index (χ3v) is 3.08. The molecule has 4 heteroatoms. The number of halogens is 2. The van der Waals surface area contributed by atoms with E-state index in [0.29, 0.717) is 23.4 Å². The van der Waals surface area contributed by atoms with E-state index in [-0.39, 0.29) is 12.4 Å². The lowest BCUT2D eigenvalue weighted by molar-refractivity contribution is 0.288. The molecule has 72 valence electrons. The topological polar surface area (TPSA) is 40.5 Å². The molecule has 0 radical (unpaired) electrons. The van der Waals surface area contributed by atoms with Crippen LogP contribution >= 0.6 is 27.5 Å². The molecule has 2 nitrogen and oxygen atoms in total. The van der Waals surface area contributed by atoms with Gasteiger partial charge in [-0.15, -0.1) is 0 Å². The number of phenolic OH excluding ortho intramolecular Hbond substituents is 1. The second-order valence-corrected chi connectivity index (χ2v) is 3.92. The fourth-order valence-electron chi connectivity index (χ4n) is 1.08. The zero-order valence-corrected chi connectivity index (χ0v) is 9.27. The van der Waals surface area contributed by atoms with Crippen LogP contribution < -0.4 is 0 Å². The summed E-state index contributed by atoms with van der Waals surface area (Å²) >= 11 is 9.21. The van der Waals surface area contributed by atoms with Crippen molar-refractivity contribution in [3.05, 3.63) is 27.2 Å². The highest BCUT2D eigenvalue weighted by Gasteiger charge is 2.08. The molecule has 0 unspecified atom stereocenters. The highest BCUT2D eigenvalue weighted by atomic mass is 79.9. The van der Waals surface area contributed by atoms with Gasteiger partial charge in [0.25, 0.3) is 0 Å². The summed E-state index contributed by atoms with van der Waals surface area (Å²) in [4.78, 5) is 0. The second-order valence-electron chi connectivity index (χ2n) is 2.69. The van der Waals surface area contributed by atoms with Crippen LogP contribution in [0, 0.1) is 0 Å². The molecule has 1 aromatic rings. The maximum atomic E-state index is 9.46. The first-order valence-corrected chi connectivity index (χ1v) is 5.10. The van der Waals surface area contributed by atoms with Crippen molar-refractivity contribution in [2.45, 2.75) is 12.8 Å². The lowest BCUT2D eigenvalue weighted by Gasteiger charge is -2.07. The third kappa shape index (κ3) is 2.59. The number of aromatic hydroxyl groups is 1. The Kier molecular flexibility index (Phi) is 4.03. The molecule has 0 fully saturated rings. The van der Waals surface area contributed by atoms with E-state index >= 15 is 0 Å². The van der Waals surface area contributed by atoms with Crippen molar-refractivity contribution in [1.82, 2.24) is 0 Å². The summed E-state index contributed by atoms with van der Waals surface area (Å²) in [6.07, 6.45) is 1.18. The Labute approximate surface area is 90.3 Å². The Hall–Kier alpha value is -0.250. The van der Waals surface area contributed by atoms with Crippen molar-refractivity contribution in [3.8, 4) is 5.75 Å². The van der Waals surface area contributed by atoms with Gasteiger partial charge in [0, 0.05) is 16.6 Å². The van der Waals surface area contributed by atoms with Gasteiger partial charge >= 0.3 is 0 Å². The van der Waals surface area contributed by atoms with Crippen LogP contribution in [0.4, 0.5) is 0 Å². The summed E-state index contributed by atoms with van der Waals surface area (Å²) < 4.78 is 0.764. The highest BCUT2D eigenvalue weighted by molar-refractivity contribution is 9.10. The van der Waals surface area contributed by atoms with Gasteiger partial charge in [0.15, 0.2) is 0 Å². The first-order chi connectivity index (χ1) is 6.16. The molecule has 1 aromatic carbocycles. The first kappa shape index (κ1) is 10.8. The van der Waals surface area contributed by atoms with Gasteiger partial charge in [-0.3, -0.25) is 0 Å². The Bertz CT molecular complexity index is 302. The molecule has 0 aliphatic carbocycles. The molecule has 1 rings (SSSR count). The van der Waals surface area contributed by atoms with E-state index in [0.717, 1.165) is 4.47 Å². The van der Waals surface area contributed by atoms with Gasteiger partial charge < -0.3 is 10.2 Å². The molecule has 13 heavy (non-hydrogen) atoms. The van der Waals surface area contributed by atoms with Crippen molar-refractivity contribution < 1.29 is 10.2 Å². The van der Waals surface area contributed by atoms with Crippen LogP contribution in [0.2, 0.25) is 5.02 Å². The van der Waals surface area contributed by atoms with Crippen molar-refractivity contribution >= 4 is 27.5 Å². The number of rotatable bonds is 3. The van der Waals surface area contributed by atoms with Crippen LogP contribution in [-0.2, 0) is 6.42 Å². The van der Waals surface area contributed by atoms with Crippen molar-refractivity contribution in [1.29, 1.82) is 0 Å². The van der Waals surface area contributed by atoms with Gasteiger partial charge in [0.05, 0.1) is 5.02 Å². The van der Waals surface area contributed by atoms with Crippen LogP contribution in [0.15, 0.2) is 16.6 Å². The number of phenols is 1. The van der Waals surface area contributed by atoms with Gasteiger partial charge in [-0.05, 0) is 40.9 Å². The molecule has 2 N–H and O–H groups in total. The fourth-order valence-corrected chi connectivity index (χ4v) is 1.70. The monoisotopic (exact) mass is 264 g/mol. The van der Waals surface area contributed by atoms with Crippen molar-refractivity contribution in [2.75, 3.05) is 6.61 Å². The smallest absolute Gasteiger partial charge is 0.120 e. The summed E-state index contributed by atoms with van der Waals surface area (Å²) in [7, 11) is 0. The van der Waals surface area contributed by atoms with Gasteiger partial charge in [-0.2, -0.15) is 0 Å². The van der Waals surface area contributed by atoms with E-state index in [9.17, 15) is 5.11 Å². The van der Waals surface area contributed by atoms with E-state index in [1.165, 1.54) is 0 Å². The lowest BCUT2D eigenvalue weighted by atomic mass is 10.1. The SMILES string of the molecule is OCCCc1c(O)ccc(Br)c1Cl. The van der Waals surface area contributed by atoms with Gasteiger partial charge in [-0.25, -0.2) is 0 Å². The number of aliphatic hydroxyl groups excluding tert-OH is 1. The molecular formula is C9H10BrClO2. The highest BCUT2D eigenvalue weighted by Crippen LogP contribution is 2.33. The Balaban J connectivity index is 2.96. The van der Waals surface area contributed by atoms with E-state index in [4.69, 9.17) is 16.7 Å². The van der Waals surface area contributed by atoms with E-state index < -0.39 is 0 Å². The van der Waals surface area contributed by atoms with Gasteiger partial charge in [-0.1, -0.05) is 11.6 Å². The van der Waals surface area contributed by atoms with E-state index in [1.54, 1.807) is 12.1 Å². The molecule has 0 aliphatic heterocycles. The average molecular weight is 266 g/mol. The first-order valence-electron chi connectivity index (χ1n) is 3.93. The maximum absolute atomic E-state index is 9.46. The third-order valence-electron chi connectivity index (χ3n) is 1.76. The number of hydrogen-bond acceptors (Lipinski definition) is 2. The summed E-state index contributed by atoms with van der Waals surface area (Å²) in [5, 5.41) is 18.6. The van der Waals surface area contributed by atoms with Crippen LogP contribution in [0.25, 0.3) is 0 Å². The average Bonchev–Trinajstić information content (AvgIpc) is 2.12. The molecule has 0 spiro atoms. The van der Waals surface area contributed by atoms with Crippen LogP contribution in [0.5, 0.6) is 5.75 Å². The maximum Gasteiger partial charge on any atom is 0.120 e. The molecule has 0 saturated heterocycles. The Morgan fingerprint density at radius 3 is 2.69 bits per heavy atom. The molecule has 0 aliphatic rings. The summed E-state index contributed by atoms with van der Waals surface area (Å²) in [6.45, 7) is 0.0995. The zero-order chi connectivity index (χ0) is 9.84. The predicted octanol–water partition coefficient (Wildman–Crippen LogP) is 2.73. The molecule has 0 heterocycles. The Morgan fingerprint density at radius 1 is 1.38 bits per heavy atom. The second kappa shape index (κ2) is 4.84. The number of hydrogen-bond donors (Lipinski definition) is 2. The van der Waals surface area contributed by atoms with Crippen molar-refractivity contribution in [3.63, 3.8) is 0 Å². The standard InChI is InChI=1S/C9H10BrClO2/c10-7-3-4-8(13)6(9(7)11)2-1-5-12/h3-4,12-13H,1-2,5H2. The normalized spacial score (nSPS) is 10.4. The van der Waals surface area contributed by atoms with E-state index in [2.05, 4.69) is 15.9 Å². The van der Waals surface area contributed by atoms with Crippen LogP contribution in [0.1, 0.15) is 12.0 Å². The van der Waals surface area contributed by atoms with Gasteiger partial charge in [0.2, 0.25) is 0 Å². The molecular weight excluding hydrogens is 255 g/mol. The molecule has 0 saturated carbocycles. The molecule has 0 aromatic heterocycles. The summed E-state index contributed by atoms with van der Waals surface area (Å²) in [5.41, 5.74) is 0.685. The number of benzene rings is 1. The lowest BCUT2D eigenvalue weighted by Crippen LogP contribution is -1.91. The largest absolute Gasteiger partial charge is 0.508 e.